The highest BCUT2D eigenvalue weighted by atomic mass is 35.5. The lowest BCUT2D eigenvalue weighted by Crippen LogP contribution is -2.43. The summed E-state index contributed by atoms with van der Waals surface area (Å²) >= 11 is 6.41. The van der Waals surface area contributed by atoms with Crippen molar-refractivity contribution in [2.45, 2.75) is 25.9 Å². The van der Waals surface area contributed by atoms with Gasteiger partial charge in [0.2, 0.25) is 0 Å². The average Bonchev–Trinajstić information content (AvgIpc) is 3.17. The second-order valence-electron chi connectivity index (χ2n) is 8.81. The fraction of sp³-hybridized carbons (Fsp3) is 0.407. The van der Waals surface area contributed by atoms with Gasteiger partial charge in [0.15, 0.2) is 0 Å². The average molecular weight is 514 g/mol. The summed E-state index contributed by atoms with van der Waals surface area (Å²) in [4.78, 5) is 28.6. The lowest BCUT2D eigenvalue weighted by atomic mass is 10.0. The third-order valence-electron chi connectivity index (χ3n) is 6.61. The molecule has 9 heteroatoms. The minimum Gasteiger partial charge on any atom is -0.494 e. The second-order valence-corrected chi connectivity index (χ2v) is 9.25. The number of fused-ring (bicyclic) bond motifs is 1. The van der Waals surface area contributed by atoms with Crippen LogP contribution in [-0.2, 0) is 27.2 Å². The van der Waals surface area contributed by atoms with Gasteiger partial charge in [-0.3, -0.25) is 9.69 Å². The van der Waals surface area contributed by atoms with Crippen LogP contribution in [0.25, 0.3) is 10.9 Å². The molecule has 1 aliphatic rings. The molecule has 1 amide bonds. The molecule has 1 fully saturated rings. The van der Waals surface area contributed by atoms with Gasteiger partial charge in [-0.1, -0.05) is 41.9 Å². The van der Waals surface area contributed by atoms with E-state index < -0.39 is 12.0 Å². The summed E-state index contributed by atoms with van der Waals surface area (Å²) in [6, 6.07) is 12.2. The van der Waals surface area contributed by atoms with E-state index in [0.29, 0.717) is 47.9 Å². The predicted molar refractivity (Wildman–Crippen MR) is 139 cm³/mol. The number of ether oxygens (including phenoxy) is 3. The predicted octanol–water partition coefficient (Wildman–Crippen LogP) is 3.46. The van der Waals surface area contributed by atoms with Gasteiger partial charge in [0.25, 0.3) is 5.91 Å². The number of rotatable bonds is 9. The number of esters is 1. The number of morpholine rings is 1. The molecule has 2 aromatic carbocycles. The summed E-state index contributed by atoms with van der Waals surface area (Å²) in [6.07, 6.45) is 0.318. The Balaban J connectivity index is 1.69. The number of nitrogens with zero attached hydrogens (tertiary/aromatic N) is 2. The van der Waals surface area contributed by atoms with Gasteiger partial charge in [-0.15, -0.1) is 0 Å². The highest BCUT2D eigenvalue weighted by Crippen LogP contribution is 2.36. The summed E-state index contributed by atoms with van der Waals surface area (Å²) in [7, 11) is 2.91. The minimum atomic E-state index is -0.836. The number of halogens is 1. The summed E-state index contributed by atoms with van der Waals surface area (Å²) in [5.74, 6) is -0.273. The van der Waals surface area contributed by atoms with Crippen molar-refractivity contribution >= 4 is 34.4 Å². The Bertz CT molecular complexity index is 1220. The molecule has 4 rings (SSSR count). The number of amides is 1. The first-order valence-corrected chi connectivity index (χ1v) is 12.4. The third-order valence-corrected chi connectivity index (χ3v) is 6.83. The zero-order valence-corrected chi connectivity index (χ0v) is 21.6. The maximum absolute atomic E-state index is 13.7. The third kappa shape index (κ3) is 5.67. The number of hydrogen-bond acceptors (Lipinski definition) is 6. The normalized spacial score (nSPS) is 15.0. The summed E-state index contributed by atoms with van der Waals surface area (Å²) < 4.78 is 18.2. The van der Waals surface area contributed by atoms with Crippen molar-refractivity contribution in [1.82, 2.24) is 14.8 Å². The zero-order valence-electron chi connectivity index (χ0n) is 20.9. The van der Waals surface area contributed by atoms with Crippen molar-refractivity contribution in [2.75, 3.05) is 47.1 Å². The zero-order chi connectivity index (χ0) is 25.7. The van der Waals surface area contributed by atoms with Gasteiger partial charge in [-0.05, 0) is 18.6 Å². The maximum atomic E-state index is 13.7. The SMILES string of the molecule is COC(=O)[C@@H](Cc1ccccc1)NC(=O)c1c(C)n(CCN2CCOCC2)c2c(OC)cc(Cl)cc12. The smallest absolute Gasteiger partial charge is 0.328 e. The quantitative estimate of drug-likeness (QED) is 0.441. The number of nitrogens with one attached hydrogen (secondary N) is 1. The van der Waals surface area contributed by atoms with E-state index >= 15 is 0 Å². The first-order valence-electron chi connectivity index (χ1n) is 12.0. The van der Waals surface area contributed by atoms with Crippen LogP contribution < -0.4 is 10.1 Å². The van der Waals surface area contributed by atoms with E-state index in [1.54, 1.807) is 19.2 Å². The Morgan fingerprint density at radius 2 is 1.83 bits per heavy atom. The van der Waals surface area contributed by atoms with Crippen molar-refractivity contribution in [3.63, 3.8) is 0 Å². The highest BCUT2D eigenvalue weighted by Gasteiger charge is 2.28. The van der Waals surface area contributed by atoms with E-state index in [-0.39, 0.29) is 5.91 Å². The van der Waals surface area contributed by atoms with Crippen LogP contribution in [0.2, 0.25) is 5.02 Å². The van der Waals surface area contributed by atoms with Crippen LogP contribution in [0.5, 0.6) is 5.75 Å². The van der Waals surface area contributed by atoms with Gasteiger partial charge in [-0.25, -0.2) is 4.79 Å². The van der Waals surface area contributed by atoms with Crippen LogP contribution in [0.15, 0.2) is 42.5 Å². The van der Waals surface area contributed by atoms with Gasteiger partial charge < -0.3 is 24.1 Å². The first-order chi connectivity index (χ1) is 17.4. The van der Waals surface area contributed by atoms with Crippen LogP contribution in [0.1, 0.15) is 21.6 Å². The van der Waals surface area contributed by atoms with E-state index in [1.165, 1.54) is 7.11 Å². The summed E-state index contributed by atoms with van der Waals surface area (Å²) in [5.41, 5.74) is 2.97. The Kier molecular flexibility index (Phi) is 8.51. The lowest BCUT2D eigenvalue weighted by Gasteiger charge is -2.27. The molecule has 1 aliphatic heterocycles. The molecule has 0 spiro atoms. The topological polar surface area (TPSA) is 82.0 Å². The van der Waals surface area contributed by atoms with Gasteiger partial charge in [0.05, 0.1) is 38.5 Å². The Morgan fingerprint density at radius 3 is 2.50 bits per heavy atom. The van der Waals surface area contributed by atoms with Crippen molar-refractivity contribution < 1.29 is 23.8 Å². The molecule has 0 bridgehead atoms. The van der Waals surface area contributed by atoms with E-state index in [4.69, 9.17) is 25.8 Å². The molecule has 8 nitrogen and oxygen atoms in total. The fourth-order valence-electron chi connectivity index (χ4n) is 4.74. The number of carbonyl (C=O) groups is 2. The van der Waals surface area contributed by atoms with Crippen LogP contribution in [0.3, 0.4) is 0 Å². The van der Waals surface area contributed by atoms with Gasteiger partial charge in [-0.2, -0.15) is 0 Å². The maximum Gasteiger partial charge on any atom is 0.328 e. The monoisotopic (exact) mass is 513 g/mol. The Hall–Kier alpha value is -3.07. The molecule has 192 valence electrons. The summed E-state index contributed by atoms with van der Waals surface area (Å²) in [6.45, 7) is 6.55. The molecule has 36 heavy (non-hydrogen) atoms. The molecule has 1 aromatic heterocycles. The largest absolute Gasteiger partial charge is 0.494 e. The minimum absolute atomic E-state index is 0.318. The molecule has 1 atom stereocenters. The van der Waals surface area contributed by atoms with Crippen molar-refractivity contribution in [2.24, 2.45) is 0 Å². The molecule has 2 heterocycles. The molecular weight excluding hydrogens is 482 g/mol. The van der Waals surface area contributed by atoms with Crippen LogP contribution in [0, 0.1) is 6.92 Å². The number of methoxy groups -OCH3 is 2. The van der Waals surface area contributed by atoms with Gasteiger partial charge >= 0.3 is 5.97 Å². The van der Waals surface area contributed by atoms with Crippen molar-refractivity contribution in [3.05, 3.63) is 64.3 Å². The molecule has 0 radical (unpaired) electrons. The van der Waals surface area contributed by atoms with E-state index in [9.17, 15) is 9.59 Å². The molecule has 0 unspecified atom stereocenters. The summed E-state index contributed by atoms with van der Waals surface area (Å²) in [5, 5.41) is 4.05. The molecule has 3 aromatic rings. The van der Waals surface area contributed by atoms with Crippen LogP contribution >= 0.6 is 11.6 Å². The standard InChI is InChI=1S/C27H32ClN3O5/c1-18-24(26(32)29-22(27(33)35-3)15-19-7-5-4-6-8-19)21-16-20(28)17-23(34-2)25(21)31(18)10-9-30-11-13-36-14-12-30/h4-8,16-17,22H,9-15H2,1-3H3,(H,29,32)/t22-/m1/s1. The van der Waals surface area contributed by atoms with E-state index in [1.807, 2.05) is 37.3 Å². The number of hydrogen-bond donors (Lipinski definition) is 1. The first kappa shape index (κ1) is 26.0. The van der Waals surface area contributed by atoms with Gasteiger partial charge in [0, 0.05) is 54.8 Å². The van der Waals surface area contributed by atoms with Crippen LogP contribution in [-0.4, -0.2) is 74.5 Å². The lowest BCUT2D eigenvalue weighted by molar-refractivity contribution is -0.142. The second kappa shape index (κ2) is 11.8. The molecule has 1 saturated heterocycles. The van der Waals surface area contributed by atoms with E-state index in [0.717, 1.165) is 36.4 Å². The number of aromatic nitrogens is 1. The van der Waals surface area contributed by atoms with Crippen LogP contribution in [0.4, 0.5) is 0 Å². The van der Waals surface area contributed by atoms with Crippen molar-refractivity contribution in [3.8, 4) is 5.75 Å². The number of carbonyl (C=O) groups excluding carboxylic acids is 2. The van der Waals surface area contributed by atoms with Gasteiger partial charge in [0.1, 0.15) is 11.8 Å². The fourth-order valence-corrected chi connectivity index (χ4v) is 4.95. The number of benzene rings is 2. The molecule has 0 saturated carbocycles. The Labute approximate surface area is 216 Å². The molecular formula is C27H32ClN3O5. The molecule has 1 N–H and O–H groups in total. The molecule has 0 aliphatic carbocycles. The highest BCUT2D eigenvalue weighted by molar-refractivity contribution is 6.32. The Morgan fingerprint density at radius 1 is 1.11 bits per heavy atom. The van der Waals surface area contributed by atoms with E-state index in [2.05, 4.69) is 14.8 Å². The van der Waals surface area contributed by atoms with Crippen molar-refractivity contribution in [1.29, 1.82) is 0 Å².